The summed E-state index contributed by atoms with van der Waals surface area (Å²) in [6.45, 7) is 0.130. The fraction of sp³-hybridized carbons (Fsp3) is 0.111. The molecular formula is C18H15FN2O3. The summed E-state index contributed by atoms with van der Waals surface area (Å²) in [5.74, 6) is 0.202. The molecule has 2 aromatic carbocycles. The van der Waals surface area contributed by atoms with Gasteiger partial charge in [0.1, 0.15) is 11.6 Å². The average Bonchev–Trinajstić information content (AvgIpc) is 2.59. The number of rotatable bonds is 4. The summed E-state index contributed by atoms with van der Waals surface area (Å²) in [4.78, 5) is 24.7. The molecule has 0 aliphatic heterocycles. The summed E-state index contributed by atoms with van der Waals surface area (Å²) in [5, 5.41) is 0. The van der Waals surface area contributed by atoms with Crippen molar-refractivity contribution in [2.24, 2.45) is 0 Å². The quantitative estimate of drug-likeness (QED) is 0.691. The fourth-order valence-corrected chi connectivity index (χ4v) is 2.43. The van der Waals surface area contributed by atoms with Gasteiger partial charge in [-0.25, -0.2) is 4.39 Å². The lowest BCUT2D eigenvalue weighted by atomic mass is 10.2. The number of methoxy groups -OCH3 is 1. The topological polar surface area (TPSA) is 53.2 Å². The minimum Gasteiger partial charge on any atom is -0.497 e. The van der Waals surface area contributed by atoms with Gasteiger partial charge in [0.05, 0.1) is 19.3 Å². The van der Waals surface area contributed by atoms with Crippen molar-refractivity contribution in [2.45, 2.75) is 6.54 Å². The third-order valence-corrected chi connectivity index (χ3v) is 3.63. The maximum atomic E-state index is 13.2. The number of hydrogen-bond acceptors (Lipinski definition) is 3. The van der Waals surface area contributed by atoms with Crippen molar-refractivity contribution in [3.05, 3.63) is 93.0 Å². The molecule has 0 saturated carbocycles. The maximum Gasteiger partial charge on any atom is 0.320 e. The first-order valence-corrected chi connectivity index (χ1v) is 7.29. The molecule has 3 aromatic rings. The highest BCUT2D eigenvalue weighted by molar-refractivity contribution is 5.39. The normalized spacial score (nSPS) is 10.6. The van der Waals surface area contributed by atoms with E-state index in [2.05, 4.69) is 0 Å². The highest BCUT2D eigenvalue weighted by Crippen LogP contribution is 2.14. The van der Waals surface area contributed by atoms with Gasteiger partial charge in [0, 0.05) is 18.5 Å². The molecule has 0 spiro atoms. The second-order valence-corrected chi connectivity index (χ2v) is 5.24. The Morgan fingerprint density at radius 1 is 1.00 bits per heavy atom. The lowest BCUT2D eigenvalue weighted by Crippen LogP contribution is -2.40. The van der Waals surface area contributed by atoms with Crippen LogP contribution in [0.4, 0.5) is 4.39 Å². The first-order chi connectivity index (χ1) is 11.6. The molecule has 0 bridgehead atoms. The van der Waals surface area contributed by atoms with Gasteiger partial charge in [-0.3, -0.25) is 14.2 Å². The summed E-state index contributed by atoms with van der Waals surface area (Å²) < 4.78 is 20.9. The van der Waals surface area contributed by atoms with Crippen LogP contribution in [0.5, 0.6) is 5.75 Å². The van der Waals surface area contributed by atoms with Gasteiger partial charge in [0.25, 0.3) is 0 Å². The van der Waals surface area contributed by atoms with E-state index in [0.717, 1.165) is 0 Å². The van der Waals surface area contributed by atoms with Crippen molar-refractivity contribution in [2.75, 3.05) is 7.11 Å². The van der Waals surface area contributed by atoms with Crippen LogP contribution in [0.15, 0.2) is 70.5 Å². The van der Waals surface area contributed by atoms with E-state index < -0.39 is 11.1 Å². The number of aromatic nitrogens is 2. The van der Waals surface area contributed by atoms with Crippen LogP contribution in [0, 0.1) is 5.82 Å². The smallest absolute Gasteiger partial charge is 0.320 e. The van der Waals surface area contributed by atoms with Crippen LogP contribution in [-0.4, -0.2) is 16.2 Å². The first-order valence-electron chi connectivity index (χ1n) is 7.29. The number of benzene rings is 2. The van der Waals surface area contributed by atoms with Crippen LogP contribution in [0.1, 0.15) is 5.56 Å². The molecular weight excluding hydrogens is 311 g/mol. The molecule has 6 heteroatoms. The van der Waals surface area contributed by atoms with Gasteiger partial charge in [0.2, 0.25) is 0 Å². The number of ether oxygens (including phenoxy) is 1. The van der Waals surface area contributed by atoms with Gasteiger partial charge in [0.15, 0.2) is 0 Å². The second kappa shape index (κ2) is 6.54. The molecule has 1 aromatic heterocycles. The number of nitrogens with zero attached hydrogens (tertiary/aromatic N) is 2. The molecule has 0 unspecified atom stereocenters. The summed E-state index contributed by atoms with van der Waals surface area (Å²) >= 11 is 0. The highest BCUT2D eigenvalue weighted by atomic mass is 19.1. The van der Waals surface area contributed by atoms with Gasteiger partial charge in [-0.2, -0.15) is 0 Å². The van der Waals surface area contributed by atoms with Crippen molar-refractivity contribution in [1.82, 2.24) is 9.13 Å². The van der Waals surface area contributed by atoms with Crippen LogP contribution in [0.25, 0.3) is 5.69 Å². The van der Waals surface area contributed by atoms with Crippen molar-refractivity contribution < 1.29 is 9.13 Å². The Balaban J connectivity index is 2.00. The summed E-state index contributed by atoms with van der Waals surface area (Å²) in [6, 6.07) is 12.8. The SMILES string of the molecule is COc1cccc(-n2ccn(Cc3cccc(F)c3)c(=O)c2=O)c1. The van der Waals surface area contributed by atoms with Crippen LogP contribution in [0.2, 0.25) is 0 Å². The molecule has 0 N–H and O–H groups in total. The van der Waals surface area contributed by atoms with Crippen LogP contribution in [-0.2, 0) is 6.54 Å². The molecule has 0 amide bonds. The number of halogens is 1. The molecule has 122 valence electrons. The van der Waals surface area contributed by atoms with Crippen LogP contribution in [0.3, 0.4) is 0 Å². The van der Waals surface area contributed by atoms with Crippen molar-refractivity contribution in [1.29, 1.82) is 0 Å². The summed E-state index contributed by atoms with van der Waals surface area (Å²) in [5.41, 5.74) is -0.211. The molecule has 3 rings (SSSR count). The van der Waals surface area contributed by atoms with Gasteiger partial charge in [-0.15, -0.1) is 0 Å². The molecule has 0 aliphatic rings. The largest absolute Gasteiger partial charge is 0.497 e. The second-order valence-electron chi connectivity index (χ2n) is 5.24. The Labute approximate surface area is 137 Å². The van der Waals surface area contributed by atoms with Crippen molar-refractivity contribution in [3.8, 4) is 11.4 Å². The summed E-state index contributed by atoms with van der Waals surface area (Å²) in [7, 11) is 1.53. The Morgan fingerprint density at radius 3 is 2.54 bits per heavy atom. The summed E-state index contributed by atoms with van der Waals surface area (Å²) in [6.07, 6.45) is 3.02. The molecule has 1 heterocycles. The van der Waals surface area contributed by atoms with Gasteiger partial charge < -0.3 is 9.30 Å². The third kappa shape index (κ3) is 3.12. The number of hydrogen-bond donors (Lipinski definition) is 0. The Kier molecular flexibility index (Phi) is 4.29. The van der Waals surface area contributed by atoms with Crippen molar-refractivity contribution in [3.63, 3.8) is 0 Å². The van der Waals surface area contributed by atoms with Crippen LogP contribution < -0.4 is 15.9 Å². The Hall–Kier alpha value is -3.15. The average molecular weight is 326 g/mol. The Morgan fingerprint density at radius 2 is 1.79 bits per heavy atom. The zero-order valence-electron chi connectivity index (χ0n) is 13.0. The Bertz CT molecular complexity index is 992. The van der Waals surface area contributed by atoms with E-state index in [4.69, 9.17) is 4.74 Å². The zero-order chi connectivity index (χ0) is 17.1. The van der Waals surface area contributed by atoms with E-state index in [1.165, 1.54) is 40.8 Å². The minimum absolute atomic E-state index is 0.130. The van der Waals surface area contributed by atoms with Gasteiger partial charge in [-0.1, -0.05) is 18.2 Å². The lowest BCUT2D eigenvalue weighted by molar-refractivity contribution is 0.414. The van der Waals surface area contributed by atoms with Gasteiger partial charge in [-0.05, 0) is 29.8 Å². The maximum absolute atomic E-state index is 13.2. The fourth-order valence-electron chi connectivity index (χ4n) is 2.43. The van der Waals surface area contributed by atoms with E-state index >= 15 is 0 Å². The van der Waals surface area contributed by atoms with E-state index in [9.17, 15) is 14.0 Å². The molecule has 5 nitrogen and oxygen atoms in total. The molecule has 0 atom stereocenters. The molecule has 0 radical (unpaired) electrons. The standard InChI is InChI=1S/C18H15FN2O3/c1-24-16-7-3-6-15(11-16)21-9-8-20(17(22)18(21)23)12-13-4-2-5-14(19)10-13/h2-11H,12H2,1H3. The lowest BCUT2D eigenvalue weighted by Gasteiger charge is -2.10. The van der Waals surface area contributed by atoms with E-state index in [-0.39, 0.29) is 12.4 Å². The van der Waals surface area contributed by atoms with E-state index in [1.807, 2.05) is 0 Å². The third-order valence-electron chi connectivity index (χ3n) is 3.63. The molecule has 0 fully saturated rings. The molecule has 24 heavy (non-hydrogen) atoms. The van der Waals surface area contributed by atoms with Crippen molar-refractivity contribution >= 4 is 0 Å². The molecule has 0 aliphatic carbocycles. The molecule has 0 saturated heterocycles. The predicted molar refractivity (Wildman–Crippen MR) is 88.4 cm³/mol. The van der Waals surface area contributed by atoms with E-state index in [1.54, 1.807) is 36.4 Å². The van der Waals surface area contributed by atoms with Crippen LogP contribution >= 0.6 is 0 Å². The monoisotopic (exact) mass is 326 g/mol. The highest BCUT2D eigenvalue weighted by Gasteiger charge is 2.08. The van der Waals surface area contributed by atoms with Gasteiger partial charge >= 0.3 is 11.1 Å². The first kappa shape index (κ1) is 15.7. The van der Waals surface area contributed by atoms with E-state index in [0.29, 0.717) is 17.0 Å². The predicted octanol–water partition coefficient (Wildman–Crippen LogP) is 2.20. The zero-order valence-corrected chi connectivity index (χ0v) is 13.0. The minimum atomic E-state index is -0.679.